The zero-order valence-electron chi connectivity index (χ0n) is 11.2. The number of hydrogen-bond acceptors (Lipinski definition) is 5. The molecule has 0 atom stereocenters. The van der Waals surface area contributed by atoms with Gasteiger partial charge in [0.25, 0.3) is 5.91 Å². The minimum absolute atomic E-state index is 0.146. The number of nitrogens with one attached hydrogen (secondary N) is 1. The van der Waals surface area contributed by atoms with Gasteiger partial charge in [-0.3, -0.25) is 9.48 Å². The van der Waals surface area contributed by atoms with Gasteiger partial charge in [-0.1, -0.05) is 11.3 Å². The average Bonchev–Trinajstić information content (AvgIpc) is 2.90. The van der Waals surface area contributed by atoms with E-state index in [0.29, 0.717) is 23.1 Å². The SMILES string of the molecule is Cc1nn(CCNC(=O)c2cnc(N)s2)c(C)c1C. The molecule has 0 unspecified atom stereocenters. The summed E-state index contributed by atoms with van der Waals surface area (Å²) in [5, 5.41) is 7.65. The maximum absolute atomic E-state index is 11.8. The van der Waals surface area contributed by atoms with E-state index in [4.69, 9.17) is 5.73 Å². The fourth-order valence-electron chi connectivity index (χ4n) is 1.76. The van der Waals surface area contributed by atoms with E-state index in [1.165, 1.54) is 23.1 Å². The van der Waals surface area contributed by atoms with Crippen LogP contribution in [-0.2, 0) is 6.54 Å². The maximum atomic E-state index is 11.8. The van der Waals surface area contributed by atoms with E-state index in [1.54, 1.807) is 0 Å². The summed E-state index contributed by atoms with van der Waals surface area (Å²) in [5.74, 6) is -0.146. The van der Waals surface area contributed by atoms with Crippen LogP contribution in [0, 0.1) is 20.8 Å². The Bertz CT molecular complexity index is 601. The molecule has 2 rings (SSSR count). The molecule has 2 aromatic rings. The Hall–Kier alpha value is -1.89. The first-order valence-corrected chi connectivity index (χ1v) is 6.81. The predicted octanol–water partition coefficient (Wildman–Crippen LogP) is 1.28. The Balaban J connectivity index is 1.90. The van der Waals surface area contributed by atoms with Gasteiger partial charge in [0.2, 0.25) is 0 Å². The summed E-state index contributed by atoms with van der Waals surface area (Å²) in [5.41, 5.74) is 8.84. The molecule has 7 heteroatoms. The monoisotopic (exact) mass is 279 g/mol. The van der Waals surface area contributed by atoms with Crippen LogP contribution >= 0.6 is 11.3 Å². The smallest absolute Gasteiger partial charge is 0.263 e. The first-order valence-electron chi connectivity index (χ1n) is 5.99. The number of hydrogen-bond donors (Lipinski definition) is 2. The highest BCUT2D eigenvalue weighted by molar-refractivity contribution is 7.17. The lowest BCUT2D eigenvalue weighted by atomic mass is 10.2. The molecular formula is C12H17N5OS. The van der Waals surface area contributed by atoms with Gasteiger partial charge in [-0.15, -0.1) is 0 Å². The Labute approximate surface area is 115 Å². The van der Waals surface area contributed by atoms with Crippen molar-refractivity contribution in [3.05, 3.63) is 28.0 Å². The lowest BCUT2D eigenvalue weighted by molar-refractivity contribution is 0.0955. The first-order chi connectivity index (χ1) is 8.99. The second-order valence-corrected chi connectivity index (χ2v) is 5.40. The summed E-state index contributed by atoms with van der Waals surface area (Å²) in [7, 11) is 0. The number of carbonyl (C=O) groups is 1. The zero-order valence-corrected chi connectivity index (χ0v) is 12.0. The van der Waals surface area contributed by atoms with Crippen LogP contribution in [0.25, 0.3) is 0 Å². The molecule has 0 spiro atoms. The van der Waals surface area contributed by atoms with Gasteiger partial charge in [0.1, 0.15) is 4.88 Å². The molecule has 0 saturated heterocycles. The quantitative estimate of drug-likeness (QED) is 0.882. The molecule has 0 radical (unpaired) electrons. The van der Waals surface area contributed by atoms with Crippen LogP contribution in [0.5, 0.6) is 0 Å². The Kier molecular flexibility index (Phi) is 3.84. The van der Waals surface area contributed by atoms with Gasteiger partial charge in [-0.2, -0.15) is 5.10 Å². The van der Waals surface area contributed by atoms with Crippen molar-refractivity contribution in [2.45, 2.75) is 27.3 Å². The number of anilines is 1. The van der Waals surface area contributed by atoms with Crippen molar-refractivity contribution >= 4 is 22.4 Å². The average molecular weight is 279 g/mol. The van der Waals surface area contributed by atoms with Gasteiger partial charge in [0.15, 0.2) is 5.13 Å². The van der Waals surface area contributed by atoms with Crippen molar-refractivity contribution in [3.8, 4) is 0 Å². The molecule has 1 amide bonds. The highest BCUT2D eigenvalue weighted by Crippen LogP contribution is 2.14. The van der Waals surface area contributed by atoms with Gasteiger partial charge in [-0.05, 0) is 26.3 Å². The molecule has 0 saturated carbocycles. The van der Waals surface area contributed by atoms with Crippen LogP contribution in [0.2, 0.25) is 0 Å². The Morgan fingerprint density at radius 1 is 1.47 bits per heavy atom. The third-order valence-corrected chi connectivity index (χ3v) is 3.93. The van der Waals surface area contributed by atoms with E-state index >= 15 is 0 Å². The lowest BCUT2D eigenvalue weighted by Gasteiger charge is -2.06. The van der Waals surface area contributed by atoms with E-state index in [1.807, 2.05) is 25.5 Å². The van der Waals surface area contributed by atoms with Crippen LogP contribution in [0.4, 0.5) is 5.13 Å². The van der Waals surface area contributed by atoms with Crippen molar-refractivity contribution in [1.82, 2.24) is 20.1 Å². The minimum atomic E-state index is -0.146. The number of rotatable bonds is 4. The van der Waals surface area contributed by atoms with Gasteiger partial charge in [0, 0.05) is 12.2 Å². The Morgan fingerprint density at radius 2 is 2.21 bits per heavy atom. The zero-order chi connectivity index (χ0) is 14.0. The van der Waals surface area contributed by atoms with Crippen LogP contribution in [0.1, 0.15) is 26.6 Å². The lowest BCUT2D eigenvalue weighted by Crippen LogP contribution is -2.27. The molecule has 2 aromatic heterocycles. The standard InChI is InChI=1S/C12H17N5OS/c1-7-8(2)16-17(9(7)3)5-4-14-11(18)10-6-15-12(13)19-10/h6H,4-5H2,1-3H3,(H2,13,15)(H,14,18). The van der Waals surface area contributed by atoms with Crippen LogP contribution < -0.4 is 11.1 Å². The molecule has 0 aliphatic heterocycles. The molecular weight excluding hydrogens is 262 g/mol. The van der Waals surface area contributed by atoms with Crippen molar-refractivity contribution in [3.63, 3.8) is 0 Å². The molecule has 0 aliphatic rings. The second kappa shape index (κ2) is 5.40. The van der Waals surface area contributed by atoms with E-state index in [0.717, 1.165) is 11.4 Å². The number of aromatic nitrogens is 3. The molecule has 0 bridgehead atoms. The van der Waals surface area contributed by atoms with Crippen molar-refractivity contribution in [2.75, 3.05) is 12.3 Å². The molecule has 6 nitrogen and oxygen atoms in total. The molecule has 102 valence electrons. The van der Waals surface area contributed by atoms with E-state index in [2.05, 4.69) is 15.4 Å². The fourth-order valence-corrected chi connectivity index (χ4v) is 2.36. The largest absolute Gasteiger partial charge is 0.375 e. The van der Waals surface area contributed by atoms with Crippen molar-refractivity contribution < 1.29 is 4.79 Å². The van der Waals surface area contributed by atoms with Crippen LogP contribution in [0.3, 0.4) is 0 Å². The maximum Gasteiger partial charge on any atom is 0.263 e. The summed E-state index contributed by atoms with van der Waals surface area (Å²) >= 11 is 1.18. The first kappa shape index (κ1) is 13.5. The topological polar surface area (TPSA) is 85.8 Å². The van der Waals surface area contributed by atoms with Crippen LogP contribution in [0.15, 0.2) is 6.20 Å². The summed E-state index contributed by atoms with van der Waals surface area (Å²) in [6.07, 6.45) is 1.49. The predicted molar refractivity (Wildman–Crippen MR) is 75.3 cm³/mol. The third-order valence-electron chi connectivity index (χ3n) is 3.10. The minimum Gasteiger partial charge on any atom is -0.375 e. The molecule has 19 heavy (non-hydrogen) atoms. The number of nitrogens with two attached hydrogens (primary N) is 1. The summed E-state index contributed by atoms with van der Waals surface area (Å²) in [4.78, 5) is 16.2. The van der Waals surface area contributed by atoms with Gasteiger partial charge in [-0.25, -0.2) is 4.98 Å². The highest BCUT2D eigenvalue weighted by atomic mass is 32.1. The van der Waals surface area contributed by atoms with E-state index in [-0.39, 0.29) is 5.91 Å². The van der Waals surface area contributed by atoms with Crippen molar-refractivity contribution in [1.29, 1.82) is 0 Å². The third kappa shape index (κ3) is 2.93. The number of nitrogens with zero attached hydrogens (tertiary/aromatic N) is 3. The molecule has 0 fully saturated rings. The van der Waals surface area contributed by atoms with Gasteiger partial charge < -0.3 is 11.1 Å². The number of amides is 1. The summed E-state index contributed by atoms with van der Waals surface area (Å²) in [6.45, 7) is 7.24. The molecule has 0 aliphatic carbocycles. The summed E-state index contributed by atoms with van der Waals surface area (Å²) < 4.78 is 1.91. The normalized spacial score (nSPS) is 10.7. The Morgan fingerprint density at radius 3 is 2.74 bits per heavy atom. The second-order valence-electron chi connectivity index (χ2n) is 4.34. The van der Waals surface area contributed by atoms with Crippen LogP contribution in [-0.4, -0.2) is 27.2 Å². The van der Waals surface area contributed by atoms with Crippen molar-refractivity contribution in [2.24, 2.45) is 0 Å². The molecule has 3 N–H and O–H groups in total. The van der Waals surface area contributed by atoms with E-state index in [9.17, 15) is 4.79 Å². The number of aryl methyl sites for hydroxylation is 1. The summed E-state index contributed by atoms with van der Waals surface area (Å²) in [6, 6.07) is 0. The fraction of sp³-hybridized carbons (Fsp3) is 0.417. The molecule has 0 aromatic carbocycles. The highest BCUT2D eigenvalue weighted by Gasteiger charge is 2.10. The van der Waals surface area contributed by atoms with Gasteiger partial charge in [0.05, 0.1) is 18.4 Å². The van der Waals surface area contributed by atoms with Gasteiger partial charge >= 0.3 is 0 Å². The number of thiazole rings is 1. The van der Waals surface area contributed by atoms with E-state index < -0.39 is 0 Å². The molecule has 2 heterocycles. The number of carbonyl (C=O) groups excluding carboxylic acids is 1. The number of nitrogen functional groups attached to an aromatic ring is 1.